The van der Waals surface area contributed by atoms with Crippen LogP contribution in [0.15, 0.2) is 48.5 Å². The number of nitrogens with zero attached hydrogens (tertiary/aromatic N) is 4. The van der Waals surface area contributed by atoms with Crippen LogP contribution in [0.3, 0.4) is 0 Å². The van der Waals surface area contributed by atoms with Gasteiger partial charge in [0.15, 0.2) is 5.82 Å². The molecule has 0 bridgehead atoms. The molecule has 2 aromatic heterocycles. The number of allylic oxidation sites excluding steroid dienone is 2. The summed E-state index contributed by atoms with van der Waals surface area (Å²) in [5, 5.41) is 15.1. The Balaban J connectivity index is 2.11. The minimum Gasteiger partial charge on any atom is -0.354 e. The predicted octanol–water partition coefficient (Wildman–Crippen LogP) is 2.78. The van der Waals surface area contributed by atoms with Crippen molar-refractivity contribution in [1.82, 2.24) is 15.2 Å². The molecule has 4 N–H and O–H groups in total. The Morgan fingerprint density at radius 2 is 2.36 bits per heavy atom. The number of hydrogen-bond donors (Lipinski definition) is 3. The van der Waals surface area contributed by atoms with E-state index in [2.05, 4.69) is 32.2 Å². The second kappa shape index (κ2) is 7.39. The van der Waals surface area contributed by atoms with E-state index in [0.717, 1.165) is 10.7 Å². The highest BCUT2D eigenvalue weighted by molar-refractivity contribution is 6.33. The fourth-order valence-corrected chi connectivity index (χ4v) is 1.83. The van der Waals surface area contributed by atoms with Gasteiger partial charge in [-0.2, -0.15) is 15.3 Å². The van der Waals surface area contributed by atoms with Gasteiger partial charge in [0, 0.05) is 23.7 Å². The number of hydrazone groups is 1. The van der Waals surface area contributed by atoms with Gasteiger partial charge < -0.3 is 5.32 Å². The number of aromatic amines is 1. The van der Waals surface area contributed by atoms with E-state index in [1.165, 1.54) is 0 Å². The molecule has 0 saturated carbocycles. The van der Waals surface area contributed by atoms with Crippen molar-refractivity contribution in [2.24, 2.45) is 10.9 Å². The summed E-state index contributed by atoms with van der Waals surface area (Å²) in [4.78, 5) is 4.20. The van der Waals surface area contributed by atoms with Crippen LogP contribution in [0.4, 0.5) is 11.5 Å². The standard InChI is InChI=1S/C14H16ClN7/c1-3-4-5-20-22(16)14-13(15)6-12(9-17-14)21-10(2)11-7-18-19-8-11/h3-9,21H,2,16H2,1H3,(H,18,19)/b4-3+,20-5-. The summed E-state index contributed by atoms with van der Waals surface area (Å²) in [5.41, 5.74) is 2.21. The van der Waals surface area contributed by atoms with Crippen LogP contribution in [-0.2, 0) is 0 Å². The summed E-state index contributed by atoms with van der Waals surface area (Å²) in [6.07, 6.45) is 10.1. The molecular weight excluding hydrogens is 302 g/mol. The van der Waals surface area contributed by atoms with E-state index in [0.29, 0.717) is 22.2 Å². The first kappa shape index (κ1) is 15.7. The third kappa shape index (κ3) is 3.94. The van der Waals surface area contributed by atoms with Crippen molar-refractivity contribution < 1.29 is 0 Å². The molecule has 0 spiro atoms. The highest BCUT2D eigenvalue weighted by Crippen LogP contribution is 2.26. The maximum atomic E-state index is 6.18. The van der Waals surface area contributed by atoms with Crippen molar-refractivity contribution in [2.75, 3.05) is 10.4 Å². The number of nitrogens with two attached hydrogens (primary N) is 1. The van der Waals surface area contributed by atoms with Crippen LogP contribution < -0.4 is 16.3 Å². The first-order valence-electron chi connectivity index (χ1n) is 6.42. The molecule has 0 amide bonds. The predicted molar refractivity (Wildman–Crippen MR) is 90.5 cm³/mol. The number of rotatable bonds is 6. The van der Waals surface area contributed by atoms with Crippen molar-refractivity contribution >= 4 is 35.0 Å². The molecule has 0 fully saturated rings. The van der Waals surface area contributed by atoms with Crippen LogP contribution in [0, 0.1) is 0 Å². The largest absolute Gasteiger partial charge is 0.354 e. The van der Waals surface area contributed by atoms with Gasteiger partial charge in [0.25, 0.3) is 0 Å². The first-order valence-corrected chi connectivity index (χ1v) is 6.80. The Bertz CT molecular complexity index is 691. The molecule has 22 heavy (non-hydrogen) atoms. The molecule has 7 nitrogen and oxygen atoms in total. The summed E-state index contributed by atoms with van der Waals surface area (Å²) in [7, 11) is 0. The summed E-state index contributed by atoms with van der Waals surface area (Å²) in [6, 6.07) is 1.69. The summed E-state index contributed by atoms with van der Waals surface area (Å²) < 4.78 is 0. The number of hydrogen-bond acceptors (Lipinski definition) is 6. The van der Waals surface area contributed by atoms with Crippen molar-refractivity contribution in [3.8, 4) is 0 Å². The molecule has 0 unspecified atom stereocenters. The molecule has 114 valence electrons. The molecule has 0 aromatic carbocycles. The second-order valence-corrected chi connectivity index (χ2v) is 4.66. The minimum absolute atomic E-state index is 0.349. The lowest BCUT2D eigenvalue weighted by atomic mass is 10.2. The third-order valence-corrected chi connectivity index (χ3v) is 2.93. The summed E-state index contributed by atoms with van der Waals surface area (Å²) in [6.45, 7) is 5.80. The van der Waals surface area contributed by atoms with E-state index in [1.807, 2.05) is 13.0 Å². The molecule has 0 aliphatic rings. The van der Waals surface area contributed by atoms with Crippen molar-refractivity contribution in [1.29, 1.82) is 0 Å². The highest BCUT2D eigenvalue weighted by Gasteiger charge is 2.09. The SMILES string of the molecule is C=C(Nc1cnc(N(N)/N=C\C=C\C)c(Cl)c1)c1cn[nH]c1. The fraction of sp³-hybridized carbons (Fsp3) is 0.0714. The van der Waals surface area contributed by atoms with Crippen LogP contribution in [0.2, 0.25) is 5.02 Å². The molecule has 0 saturated heterocycles. The maximum Gasteiger partial charge on any atom is 0.185 e. The number of anilines is 2. The van der Waals surface area contributed by atoms with Crippen LogP contribution in [0.1, 0.15) is 12.5 Å². The Hall–Kier alpha value is -2.64. The number of aromatic nitrogens is 3. The van der Waals surface area contributed by atoms with Crippen molar-refractivity contribution in [2.45, 2.75) is 6.92 Å². The first-order chi connectivity index (χ1) is 10.6. The van der Waals surface area contributed by atoms with Gasteiger partial charge >= 0.3 is 0 Å². The van der Waals surface area contributed by atoms with Crippen LogP contribution in [0.5, 0.6) is 0 Å². The summed E-state index contributed by atoms with van der Waals surface area (Å²) >= 11 is 6.18. The Labute approximate surface area is 133 Å². The normalized spacial score (nSPS) is 11.2. The molecule has 2 aromatic rings. The van der Waals surface area contributed by atoms with E-state index < -0.39 is 0 Å². The average molecular weight is 318 g/mol. The molecule has 2 heterocycles. The molecule has 2 rings (SSSR count). The number of hydrazine groups is 1. The molecule has 0 atom stereocenters. The Morgan fingerprint density at radius 3 is 3.00 bits per heavy atom. The Kier molecular flexibility index (Phi) is 5.29. The molecular formula is C14H16ClN7. The minimum atomic E-state index is 0.349. The van der Waals surface area contributed by atoms with Gasteiger partial charge in [-0.05, 0) is 19.1 Å². The van der Waals surface area contributed by atoms with E-state index in [-0.39, 0.29) is 0 Å². The highest BCUT2D eigenvalue weighted by atomic mass is 35.5. The number of H-pyrrole nitrogens is 1. The van der Waals surface area contributed by atoms with Crippen molar-refractivity contribution in [3.63, 3.8) is 0 Å². The Morgan fingerprint density at radius 1 is 1.55 bits per heavy atom. The third-order valence-electron chi connectivity index (χ3n) is 2.65. The van der Waals surface area contributed by atoms with Crippen LogP contribution >= 0.6 is 11.6 Å². The second-order valence-electron chi connectivity index (χ2n) is 4.25. The number of pyridine rings is 1. The van der Waals surface area contributed by atoms with Gasteiger partial charge in [0.05, 0.1) is 23.1 Å². The zero-order valence-corrected chi connectivity index (χ0v) is 12.7. The number of halogens is 1. The lowest BCUT2D eigenvalue weighted by Gasteiger charge is -2.14. The molecule has 8 heteroatoms. The van der Waals surface area contributed by atoms with E-state index in [4.69, 9.17) is 17.4 Å². The van der Waals surface area contributed by atoms with Gasteiger partial charge in [-0.15, -0.1) is 0 Å². The molecule has 0 aliphatic carbocycles. The summed E-state index contributed by atoms with van der Waals surface area (Å²) in [5.74, 6) is 6.12. The zero-order chi connectivity index (χ0) is 15.9. The van der Waals surface area contributed by atoms with E-state index in [1.54, 1.807) is 36.9 Å². The fourth-order valence-electron chi connectivity index (χ4n) is 1.58. The molecule has 0 radical (unpaired) electrons. The average Bonchev–Trinajstić information content (AvgIpc) is 3.01. The monoisotopic (exact) mass is 317 g/mol. The van der Waals surface area contributed by atoms with Gasteiger partial charge in [-0.25, -0.2) is 10.8 Å². The van der Waals surface area contributed by atoms with E-state index >= 15 is 0 Å². The zero-order valence-electron chi connectivity index (χ0n) is 12.0. The van der Waals surface area contributed by atoms with Gasteiger partial charge in [0.2, 0.25) is 0 Å². The lowest BCUT2D eigenvalue weighted by molar-refractivity contribution is 0.903. The lowest BCUT2D eigenvalue weighted by Crippen LogP contribution is -2.25. The quantitative estimate of drug-likeness (QED) is 0.432. The van der Waals surface area contributed by atoms with Gasteiger partial charge in [0.1, 0.15) is 0 Å². The van der Waals surface area contributed by atoms with Crippen LogP contribution in [0.25, 0.3) is 5.70 Å². The van der Waals surface area contributed by atoms with Gasteiger partial charge in [-0.3, -0.25) is 5.10 Å². The molecule has 0 aliphatic heterocycles. The smallest absolute Gasteiger partial charge is 0.185 e. The topological polar surface area (TPSA) is 95.2 Å². The van der Waals surface area contributed by atoms with Crippen LogP contribution in [-0.4, -0.2) is 21.4 Å². The number of nitrogens with one attached hydrogen (secondary N) is 2. The van der Waals surface area contributed by atoms with Gasteiger partial charge in [-0.1, -0.05) is 24.3 Å². The van der Waals surface area contributed by atoms with Crippen molar-refractivity contribution in [3.05, 3.63) is 54.0 Å². The maximum absolute atomic E-state index is 6.18. The van der Waals surface area contributed by atoms with E-state index in [9.17, 15) is 0 Å².